The van der Waals surface area contributed by atoms with Crippen molar-refractivity contribution in [3.63, 3.8) is 0 Å². The van der Waals surface area contributed by atoms with Crippen LogP contribution in [0.5, 0.6) is 0 Å². The number of amides is 1. The second-order valence-electron chi connectivity index (χ2n) is 9.10. The van der Waals surface area contributed by atoms with E-state index in [0.717, 1.165) is 23.5 Å². The summed E-state index contributed by atoms with van der Waals surface area (Å²) in [6, 6.07) is 2.90. The van der Waals surface area contributed by atoms with Gasteiger partial charge in [0, 0.05) is 56.6 Å². The van der Waals surface area contributed by atoms with E-state index >= 15 is 0 Å². The Morgan fingerprint density at radius 3 is 1.94 bits per heavy atom. The number of ether oxygens (including phenoxy) is 1. The minimum absolute atomic E-state index is 0.0330. The highest BCUT2D eigenvalue weighted by atomic mass is 32.2. The molecule has 0 spiro atoms. The number of carbonyl (C=O) groups excluding carboxylic acids is 5. The molecule has 186 valence electrons. The van der Waals surface area contributed by atoms with E-state index in [1.165, 1.54) is 18.7 Å². The van der Waals surface area contributed by atoms with Gasteiger partial charge in [-0.2, -0.15) is 10.5 Å². The first kappa shape index (κ1) is 29.7. The van der Waals surface area contributed by atoms with E-state index in [2.05, 4.69) is 0 Å². The maximum Gasteiger partial charge on any atom is 0.329 e. The third kappa shape index (κ3) is 9.47. The molecule has 0 saturated carbocycles. The third-order valence-electron chi connectivity index (χ3n) is 5.07. The summed E-state index contributed by atoms with van der Waals surface area (Å²) in [4.78, 5) is 63.5. The van der Waals surface area contributed by atoms with Crippen molar-refractivity contribution in [2.45, 2.75) is 65.5 Å². The van der Waals surface area contributed by atoms with Gasteiger partial charge in [-0.1, -0.05) is 23.5 Å². The van der Waals surface area contributed by atoms with E-state index in [9.17, 15) is 29.2 Å². The van der Waals surface area contributed by atoms with Gasteiger partial charge in [0.25, 0.3) is 0 Å². The zero-order chi connectivity index (χ0) is 26.1. The van der Waals surface area contributed by atoms with Gasteiger partial charge in [0.2, 0.25) is 5.91 Å². The number of likely N-dealkylation sites (tertiary alicyclic amines) is 1. The number of hydrogen-bond donors (Lipinski definition) is 0. The smallest absolute Gasteiger partial charge is 0.329 e. The molecule has 0 aromatic heterocycles. The molecule has 0 bridgehead atoms. The zero-order valence-electron chi connectivity index (χ0n) is 20.2. The number of esters is 1. The molecule has 1 saturated heterocycles. The van der Waals surface area contributed by atoms with E-state index in [-0.39, 0.29) is 53.3 Å². The lowest BCUT2D eigenvalue weighted by molar-refractivity contribution is -0.163. The molecule has 1 fully saturated rings. The number of Topliss-reactive ketones (excluding diaryl/α,β-unsaturated/α-hetero) is 1. The van der Waals surface area contributed by atoms with E-state index in [1.807, 2.05) is 12.1 Å². The van der Waals surface area contributed by atoms with Crippen LogP contribution in [0.4, 0.5) is 0 Å². The highest BCUT2D eigenvalue weighted by Crippen LogP contribution is 2.32. The Morgan fingerprint density at radius 1 is 0.971 bits per heavy atom. The molecule has 1 aliphatic heterocycles. The Labute approximate surface area is 208 Å². The first-order chi connectivity index (χ1) is 15.8. The molecule has 4 atom stereocenters. The molecule has 34 heavy (non-hydrogen) atoms. The minimum Gasteiger partial charge on any atom is -0.458 e. The highest BCUT2D eigenvalue weighted by molar-refractivity contribution is 8.13. The van der Waals surface area contributed by atoms with Crippen molar-refractivity contribution in [2.24, 2.45) is 17.8 Å². The number of rotatable bonds is 10. The van der Waals surface area contributed by atoms with Crippen molar-refractivity contribution in [1.29, 1.82) is 10.5 Å². The number of hydrogen-bond acceptors (Lipinski definition) is 10. The molecule has 0 N–H and O–H groups in total. The Morgan fingerprint density at radius 2 is 1.47 bits per heavy atom. The van der Waals surface area contributed by atoms with Crippen molar-refractivity contribution in [1.82, 2.24) is 4.90 Å². The molecule has 0 radical (unpaired) electrons. The number of thioether (sulfide) groups is 2. The zero-order valence-corrected chi connectivity index (χ0v) is 21.8. The monoisotopic (exact) mass is 509 g/mol. The van der Waals surface area contributed by atoms with E-state index in [4.69, 9.17) is 10.00 Å². The molecule has 11 heteroatoms. The first-order valence-electron chi connectivity index (χ1n) is 10.9. The van der Waals surface area contributed by atoms with Gasteiger partial charge < -0.3 is 9.64 Å². The molecule has 3 unspecified atom stereocenters. The van der Waals surface area contributed by atoms with Crippen LogP contribution in [-0.4, -0.2) is 62.5 Å². The van der Waals surface area contributed by atoms with Crippen molar-refractivity contribution >= 4 is 51.4 Å². The summed E-state index contributed by atoms with van der Waals surface area (Å²) in [5.41, 5.74) is -0.814. The van der Waals surface area contributed by atoms with Crippen LogP contribution in [-0.2, 0) is 28.7 Å². The summed E-state index contributed by atoms with van der Waals surface area (Å²) in [6.07, 6.45) is -0.181. The van der Waals surface area contributed by atoms with Crippen LogP contribution < -0.4 is 0 Å². The predicted molar refractivity (Wildman–Crippen MR) is 128 cm³/mol. The lowest BCUT2D eigenvalue weighted by Gasteiger charge is -2.29. The van der Waals surface area contributed by atoms with Crippen molar-refractivity contribution in [2.75, 3.05) is 18.1 Å². The van der Waals surface area contributed by atoms with Crippen molar-refractivity contribution < 1.29 is 28.7 Å². The summed E-state index contributed by atoms with van der Waals surface area (Å²) in [7, 11) is 0. The Kier molecular flexibility index (Phi) is 11.8. The van der Waals surface area contributed by atoms with Crippen molar-refractivity contribution in [3.8, 4) is 12.1 Å². The van der Waals surface area contributed by atoms with Gasteiger partial charge in [0.1, 0.15) is 17.4 Å². The fraction of sp³-hybridized carbons (Fsp3) is 0.696. The maximum absolute atomic E-state index is 13.3. The summed E-state index contributed by atoms with van der Waals surface area (Å²) in [6.45, 7) is 7.76. The molecule has 0 aliphatic carbocycles. The molecule has 1 amide bonds. The normalized spacial score (nSPS) is 19.4. The van der Waals surface area contributed by atoms with Crippen LogP contribution in [0, 0.1) is 40.4 Å². The average molecular weight is 510 g/mol. The van der Waals surface area contributed by atoms with Gasteiger partial charge in [-0.25, -0.2) is 4.79 Å². The minimum atomic E-state index is -1.02. The molecular weight excluding hydrogens is 478 g/mol. The maximum atomic E-state index is 13.3. The van der Waals surface area contributed by atoms with Gasteiger partial charge in [-0.05, 0) is 27.2 Å². The highest BCUT2D eigenvalue weighted by Gasteiger charge is 2.46. The van der Waals surface area contributed by atoms with Gasteiger partial charge in [0.15, 0.2) is 10.2 Å². The number of ketones is 1. The number of nitrogens with zero attached hydrogens (tertiary/aromatic N) is 3. The van der Waals surface area contributed by atoms with Gasteiger partial charge >= 0.3 is 5.97 Å². The predicted octanol–water partition coefficient (Wildman–Crippen LogP) is 2.73. The Balaban J connectivity index is 3.20. The van der Waals surface area contributed by atoms with E-state index in [1.54, 1.807) is 20.8 Å². The Bertz CT molecular complexity index is 887. The molecule has 9 nitrogen and oxygen atoms in total. The summed E-state index contributed by atoms with van der Waals surface area (Å²) >= 11 is 1.88. The average Bonchev–Trinajstić information content (AvgIpc) is 3.17. The van der Waals surface area contributed by atoms with Crippen LogP contribution in [0.3, 0.4) is 0 Å². The Hall–Kier alpha value is -2.37. The second-order valence-corrected chi connectivity index (χ2v) is 11.5. The molecule has 0 aromatic carbocycles. The topological polar surface area (TPSA) is 145 Å². The van der Waals surface area contributed by atoms with Gasteiger partial charge in [-0.15, -0.1) is 0 Å². The van der Waals surface area contributed by atoms with Crippen LogP contribution in [0.2, 0.25) is 0 Å². The third-order valence-corrected chi connectivity index (χ3v) is 7.02. The lowest BCUT2D eigenvalue weighted by atomic mass is 9.90. The molecule has 1 aliphatic rings. The molecular formula is C23H31N3O6S2. The van der Waals surface area contributed by atoms with E-state index < -0.39 is 41.3 Å². The molecule has 0 aromatic rings. The number of carbonyl (C=O) groups is 5. The van der Waals surface area contributed by atoms with Crippen LogP contribution in [0.1, 0.15) is 53.9 Å². The largest absolute Gasteiger partial charge is 0.458 e. The fourth-order valence-corrected chi connectivity index (χ4v) is 4.98. The quantitative estimate of drug-likeness (QED) is 0.403. The summed E-state index contributed by atoms with van der Waals surface area (Å²) in [5.74, 6) is -3.43. The number of nitriles is 2. The van der Waals surface area contributed by atoms with Crippen LogP contribution in [0.15, 0.2) is 0 Å². The van der Waals surface area contributed by atoms with Crippen LogP contribution >= 0.6 is 23.5 Å². The first-order valence-corrected chi connectivity index (χ1v) is 12.9. The van der Waals surface area contributed by atoms with E-state index in [0.29, 0.717) is 0 Å². The van der Waals surface area contributed by atoms with Gasteiger partial charge in [-0.3, -0.25) is 19.2 Å². The van der Waals surface area contributed by atoms with Gasteiger partial charge in [0.05, 0.1) is 18.1 Å². The fourth-order valence-electron chi connectivity index (χ4n) is 3.56. The molecule has 1 heterocycles. The summed E-state index contributed by atoms with van der Waals surface area (Å²) in [5, 5.41) is 17.9. The SMILES string of the molecule is CC(=O)SCC(CC#N)C(=O)C1C[C@@H](C(=O)OC(C)(C)C)N(C(=O)C(CC#N)CSC(C)=O)C1. The molecule has 1 rings (SSSR count). The summed E-state index contributed by atoms with van der Waals surface area (Å²) < 4.78 is 5.49. The second kappa shape index (κ2) is 13.5. The van der Waals surface area contributed by atoms with Crippen molar-refractivity contribution in [3.05, 3.63) is 0 Å². The lowest BCUT2D eigenvalue weighted by Crippen LogP contribution is -2.46. The van der Waals surface area contributed by atoms with Crippen LogP contribution in [0.25, 0.3) is 0 Å². The standard InChI is InChI=1S/C23H31N3O6S2/c1-14(27)33-12-16(6-8-24)20(29)18-10-19(22(31)32-23(3,4)5)26(11-18)21(30)17(7-9-25)13-34-15(2)28/h16-19H,6-7,10-13H2,1-5H3/t16?,17?,18?,19-/m0/s1.